The summed E-state index contributed by atoms with van der Waals surface area (Å²) in [5.41, 5.74) is 1.17. The van der Waals surface area contributed by atoms with Gasteiger partial charge in [0.1, 0.15) is 0 Å². The zero-order chi connectivity index (χ0) is 13.9. The van der Waals surface area contributed by atoms with E-state index in [-0.39, 0.29) is 12.5 Å². The number of para-hydroxylation sites is 1. The predicted molar refractivity (Wildman–Crippen MR) is 75.9 cm³/mol. The van der Waals surface area contributed by atoms with Gasteiger partial charge >= 0.3 is 0 Å². The van der Waals surface area contributed by atoms with Crippen molar-refractivity contribution < 1.29 is 9.90 Å². The molecule has 1 atom stereocenters. The van der Waals surface area contributed by atoms with Gasteiger partial charge in [-0.2, -0.15) is 0 Å². The number of H-pyrrole nitrogens is 1. The number of aliphatic hydroxyl groups is 1. The van der Waals surface area contributed by atoms with Crippen molar-refractivity contribution in [1.82, 2.24) is 10.3 Å². The van der Waals surface area contributed by atoms with E-state index in [4.69, 9.17) is 0 Å². The number of nitrogens with one attached hydrogen (secondary N) is 2. The van der Waals surface area contributed by atoms with Gasteiger partial charge in [-0.25, -0.2) is 0 Å². The molecule has 0 bridgehead atoms. The molecule has 1 amide bonds. The summed E-state index contributed by atoms with van der Waals surface area (Å²) in [4.78, 5) is 15.0. The number of benzene rings is 1. The van der Waals surface area contributed by atoms with Crippen LogP contribution in [-0.2, 0) is 11.2 Å². The molecule has 0 saturated carbocycles. The second kappa shape index (κ2) is 5.45. The average Bonchev–Trinajstić information content (AvgIpc) is 2.80. The van der Waals surface area contributed by atoms with Gasteiger partial charge in [0, 0.05) is 23.6 Å². The summed E-state index contributed by atoms with van der Waals surface area (Å²) in [6, 6.07) is 7.90. The maximum Gasteiger partial charge on any atom is 0.224 e. The highest BCUT2D eigenvalue weighted by Gasteiger charge is 2.18. The molecule has 4 heteroatoms. The van der Waals surface area contributed by atoms with Crippen LogP contribution in [0.1, 0.15) is 25.8 Å². The largest absolute Gasteiger partial charge is 0.388 e. The minimum absolute atomic E-state index is 0.0709. The summed E-state index contributed by atoms with van der Waals surface area (Å²) in [7, 11) is 0. The fraction of sp³-hybridized carbons (Fsp3) is 0.400. The van der Waals surface area contributed by atoms with Crippen molar-refractivity contribution in [3.8, 4) is 0 Å². The first-order chi connectivity index (χ1) is 9.02. The lowest BCUT2D eigenvalue weighted by Crippen LogP contribution is -2.40. The molecule has 0 radical (unpaired) electrons. The Labute approximate surface area is 112 Å². The van der Waals surface area contributed by atoms with Crippen molar-refractivity contribution >= 4 is 16.8 Å². The molecule has 1 aromatic carbocycles. The molecule has 0 aliphatic carbocycles. The maximum atomic E-state index is 11.9. The van der Waals surface area contributed by atoms with Gasteiger partial charge in [-0.1, -0.05) is 25.1 Å². The fourth-order valence-electron chi connectivity index (χ4n) is 1.93. The van der Waals surface area contributed by atoms with Crippen molar-refractivity contribution in [3.05, 3.63) is 36.0 Å². The third kappa shape index (κ3) is 3.35. The Morgan fingerprint density at radius 3 is 2.89 bits per heavy atom. The quantitative estimate of drug-likeness (QED) is 0.769. The third-order valence-electron chi connectivity index (χ3n) is 3.45. The average molecular weight is 260 g/mol. The number of aromatic nitrogens is 1. The molecule has 4 nitrogen and oxygen atoms in total. The molecule has 19 heavy (non-hydrogen) atoms. The van der Waals surface area contributed by atoms with E-state index >= 15 is 0 Å². The number of hydrogen-bond donors (Lipinski definition) is 3. The van der Waals surface area contributed by atoms with Crippen LogP contribution in [0.2, 0.25) is 0 Å². The number of hydrogen-bond acceptors (Lipinski definition) is 2. The van der Waals surface area contributed by atoms with Crippen LogP contribution >= 0.6 is 0 Å². The van der Waals surface area contributed by atoms with Crippen molar-refractivity contribution in [1.29, 1.82) is 0 Å². The first kappa shape index (κ1) is 13.6. The Bertz CT molecular complexity index is 572. The summed E-state index contributed by atoms with van der Waals surface area (Å²) >= 11 is 0. The zero-order valence-electron chi connectivity index (χ0n) is 11.4. The predicted octanol–water partition coefficient (Wildman–Crippen LogP) is 1.99. The van der Waals surface area contributed by atoms with E-state index in [0.717, 1.165) is 16.5 Å². The first-order valence-corrected chi connectivity index (χ1v) is 6.56. The zero-order valence-corrected chi connectivity index (χ0v) is 11.4. The monoisotopic (exact) mass is 260 g/mol. The van der Waals surface area contributed by atoms with E-state index in [0.29, 0.717) is 12.8 Å². The van der Waals surface area contributed by atoms with Gasteiger partial charge < -0.3 is 15.4 Å². The smallest absolute Gasteiger partial charge is 0.224 e. The van der Waals surface area contributed by atoms with E-state index in [1.54, 1.807) is 6.92 Å². The van der Waals surface area contributed by atoms with Gasteiger partial charge in [0.05, 0.1) is 12.0 Å². The van der Waals surface area contributed by atoms with Crippen molar-refractivity contribution in [2.75, 3.05) is 6.54 Å². The Morgan fingerprint density at radius 2 is 2.16 bits per heavy atom. The van der Waals surface area contributed by atoms with E-state index < -0.39 is 5.60 Å². The van der Waals surface area contributed by atoms with E-state index in [1.807, 2.05) is 37.4 Å². The highest BCUT2D eigenvalue weighted by atomic mass is 16.3. The van der Waals surface area contributed by atoms with Crippen LogP contribution in [0.3, 0.4) is 0 Å². The van der Waals surface area contributed by atoms with Crippen molar-refractivity contribution in [2.24, 2.45) is 0 Å². The summed E-state index contributed by atoms with van der Waals surface area (Å²) in [6.45, 7) is 3.90. The van der Waals surface area contributed by atoms with E-state index in [9.17, 15) is 9.90 Å². The van der Waals surface area contributed by atoms with Gasteiger partial charge in [0.2, 0.25) is 5.91 Å². The molecule has 3 N–H and O–H groups in total. The van der Waals surface area contributed by atoms with Crippen LogP contribution in [-0.4, -0.2) is 28.1 Å². The molecule has 102 valence electrons. The van der Waals surface area contributed by atoms with Gasteiger partial charge in [-0.05, 0) is 25.0 Å². The topological polar surface area (TPSA) is 65.1 Å². The number of aromatic amines is 1. The van der Waals surface area contributed by atoms with Crippen molar-refractivity contribution in [3.63, 3.8) is 0 Å². The Morgan fingerprint density at radius 1 is 1.42 bits per heavy atom. The van der Waals surface area contributed by atoms with Crippen molar-refractivity contribution in [2.45, 2.75) is 32.3 Å². The van der Waals surface area contributed by atoms with E-state index in [2.05, 4.69) is 10.3 Å². The fourth-order valence-corrected chi connectivity index (χ4v) is 1.93. The Kier molecular flexibility index (Phi) is 3.90. The molecule has 2 aromatic rings. The first-order valence-electron chi connectivity index (χ1n) is 6.56. The molecule has 0 saturated heterocycles. The van der Waals surface area contributed by atoms with Crippen LogP contribution in [0.4, 0.5) is 0 Å². The second-order valence-electron chi connectivity index (χ2n) is 5.16. The molecular formula is C15H20N2O2. The maximum absolute atomic E-state index is 11.9. The molecule has 1 heterocycles. The molecule has 1 unspecified atom stereocenters. The van der Waals surface area contributed by atoms with Crippen LogP contribution in [0.15, 0.2) is 30.5 Å². The molecule has 0 spiro atoms. The minimum Gasteiger partial charge on any atom is -0.388 e. The number of fused-ring (bicyclic) bond motifs is 1. The standard InChI is InChI=1S/C15H20N2O2/c1-3-15(2,19)10-17-14(18)8-11-9-16-13-7-5-4-6-12(11)13/h4-7,9,16,19H,3,8,10H2,1-2H3,(H,17,18). The molecular weight excluding hydrogens is 240 g/mol. The Balaban J connectivity index is 1.99. The normalized spacial score (nSPS) is 14.3. The highest BCUT2D eigenvalue weighted by molar-refractivity contribution is 5.88. The van der Waals surface area contributed by atoms with Crippen LogP contribution in [0.5, 0.6) is 0 Å². The van der Waals surface area contributed by atoms with Gasteiger partial charge in [0.25, 0.3) is 0 Å². The van der Waals surface area contributed by atoms with Crippen LogP contribution < -0.4 is 5.32 Å². The second-order valence-corrected chi connectivity index (χ2v) is 5.16. The lowest BCUT2D eigenvalue weighted by molar-refractivity contribution is -0.121. The third-order valence-corrected chi connectivity index (χ3v) is 3.45. The summed E-state index contributed by atoms with van der Waals surface area (Å²) in [5.74, 6) is -0.0709. The summed E-state index contributed by atoms with van der Waals surface area (Å²) in [5, 5.41) is 13.7. The van der Waals surface area contributed by atoms with Gasteiger partial charge in [-0.15, -0.1) is 0 Å². The molecule has 0 aliphatic heterocycles. The number of amides is 1. The lowest BCUT2D eigenvalue weighted by Gasteiger charge is -2.21. The number of rotatable bonds is 5. The Hall–Kier alpha value is -1.81. The van der Waals surface area contributed by atoms with Crippen LogP contribution in [0.25, 0.3) is 10.9 Å². The molecule has 2 rings (SSSR count). The van der Waals surface area contributed by atoms with Crippen LogP contribution in [0, 0.1) is 0 Å². The molecule has 0 aliphatic rings. The van der Waals surface area contributed by atoms with E-state index in [1.165, 1.54) is 0 Å². The van der Waals surface area contributed by atoms with Gasteiger partial charge in [-0.3, -0.25) is 4.79 Å². The number of carbonyl (C=O) groups is 1. The summed E-state index contributed by atoms with van der Waals surface area (Å²) in [6.07, 6.45) is 2.80. The molecule has 0 fully saturated rings. The SMILES string of the molecule is CCC(C)(O)CNC(=O)Cc1c[nH]c2ccccc12. The highest BCUT2D eigenvalue weighted by Crippen LogP contribution is 2.18. The summed E-state index contributed by atoms with van der Waals surface area (Å²) < 4.78 is 0. The number of carbonyl (C=O) groups excluding carboxylic acids is 1. The lowest BCUT2D eigenvalue weighted by atomic mass is 10.0. The molecule has 1 aromatic heterocycles. The van der Waals surface area contributed by atoms with Gasteiger partial charge in [0.15, 0.2) is 0 Å². The minimum atomic E-state index is -0.837.